The normalized spacial score (nSPS) is 15.0. The van der Waals surface area contributed by atoms with E-state index in [4.69, 9.17) is 17.3 Å². The van der Waals surface area contributed by atoms with Crippen molar-refractivity contribution in [2.24, 2.45) is 5.73 Å². The first-order chi connectivity index (χ1) is 7.07. The lowest BCUT2D eigenvalue weighted by Gasteiger charge is -2.19. The van der Waals surface area contributed by atoms with Gasteiger partial charge in [-0.15, -0.1) is 0 Å². The van der Waals surface area contributed by atoms with Crippen LogP contribution in [0.1, 0.15) is 31.4 Å². The zero-order valence-corrected chi connectivity index (χ0v) is 9.34. The van der Waals surface area contributed by atoms with Crippen LogP contribution in [0.2, 0.25) is 5.02 Å². The van der Waals surface area contributed by atoms with Gasteiger partial charge >= 0.3 is 0 Å². The number of rotatable bonds is 4. The molecule has 0 unspecified atom stereocenters. The van der Waals surface area contributed by atoms with Crippen LogP contribution in [-0.4, -0.2) is 11.1 Å². The maximum Gasteiger partial charge on any atom is 0.142 e. The van der Waals surface area contributed by atoms with E-state index in [1.165, 1.54) is 12.1 Å². The maximum absolute atomic E-state index is 13.1. The predicted octanol–water partition coefficient (Wildman–Crippen LogP) is 2.64. The van der Waals surface area contributed by atoms with Gasteiger partial charge in [-0.3, -0.25) is 0 Å². The average Bonchev–Trinajstić information content (AvgIpc) is 2.21. The summed E-state index contributed by atoms with van der Waals surface area (Å²) in [6, 6.07) is 3.95. The van der Waals surface area contributed by atoms with Gasteiger partial charge in [0.1, 0.15) is 5.82 Å². The van der Waals surface area contributed by atoms with Crippen LogP contribution in [0, 0.1) is 5.82 Å². The van der Waals surface area contributed by atoms with E-state index in [1.54, 1.807) is 6.07 Å². The highest BCUT2D eigenvalue weighted by Crippen LogP contribution is 2.27. The van der Waals surface area contributed by atoms with E-state index in [0.29, 0.717) is 12.0 Å². The van der Waals surface area contributed by atoms with E-state index < -0.39 is 18.0 Å². The summed E-state index contributed by atoms with van der Waals surface area (Å²) < 4.78 is 13.1. The summed E-state index contributed by atoms with van der Waals surface area (Å²) in [6.07, 6.45) is 0.632. The van der Waals surface area contributed by atoms with Gasteiger partial charge in [-0.05, 0) is 12.5 Å². The summed E-state index contributed by atoms with van der Waals surface area (Å²) in [5, 5.41) is 9.80. The fourth-order valence-corrected chi connectivity index (χ4v) is 1.71. The highest BCUT2D eigenvalue weighted by molar-refractivity contribution is 6.31. The molecule has 0 saturated carbocycles. The van der Waals surface area contributed by atoms with E-state index in [0.717, 1.165) is 6.42 Å². The smallest absolute Gasteiger partial charge is 0.142 e. The number of halogens is 2. The van der Waals surface area contributed by atoms with E-state index in [1.807, 2.05) is 6.92 Å². The summed E-state index contributed by atoms with van der Waals surface area (Å²) in [6.45, 7) is 1.97. The van der Waals surface area contributed by atoms with Crippen molar-refractivity contribution in [1.82, 2.24) is 0 Å². The highest BCUT2D eigenvalue weighted by atomic mass is 35.5. The van der Waals surface area contributed by atoms with Crippen LogP contribution in [0.25, 0.3) is 0 Å². The summed E-state index contributed by atoms with van der Waals surface area (Å²) >= 11 is 5.74. The summed E-state index contributed by atoms with van der Waals surface area (Å²) in [5.74, 6) is -0.531. The molecule has 0 aliphatic heterocycles. The number of benzene rings is 1. The first kappa shape index (κ1) is 12.4. The van der Waals surface area contributed by atoms with E-state index in [2.05, 4.69) is 0 Å². The molecule has 0 spiro atoms. The fourth-order valence-electron chi connectivity index (χ4n) is 1.47. The van der Waals surface area contributed by atoms with Gasteiger partial charge in [-0.2, -0.15) is 0 Å². The van der Waals surface area contributed by atoms with Gasteiger partial charge in [-0.1, -0.05) is 37.1 Å². The Labute approximate surface area is 93.9 Å². The molecule has 84 valence electrons. The fraction of sp³-hybridized carbons (Fsp3) is 0.455. The van der Waals surface area contributed by atoms with Crippen molar-refractivity contribution in [3.8, 4) is 0 Å². The zero-order chi connectivity index (χ0) is 11.4. The SMILES string of the molecule is CCC[C@H](N)[C@H](O)c1cccc(F)c1Cl. The monoisotopic (exact) mass is 231 g/mol. The van der Waals surface area contributed by atoms with Crippen LogP contribution in [0.15, 0.2) is 18.2 Å². The molecule has 3 N–H and O–H groups in total. The molecule has 0 amide bonds. The van der Waals surface area contributed by atoms with Crippen molar-refractivity contribution in [3.63, 3.8) is 0 Å². The summed E-state index contributed by atoms with van der Waals surface area (Å²) in [5.41, 5.74) is 6.11. The standard InChI is InChI=1S/C11H15ClFNO/c1-2-4-9(14)11(15)7-5-3-6-8(13)10(7)12/h3,5-6,9,11,15H,2,4,14H2,1H3/t9-,11+/m0/s1. The Morgan fingerprint density at radius 3 is 2.80 bits per heavy atom. The van der Waals surface area contributed by atoms with Crippen molar-refractivity contribution in [2.75, 3.05) is 0 Å². The number of hydrogen-bond acceptors (Lipinski definition) is 2. The molecule has 0 radical (unpaired) electrons. The molecule has 15 heavy (non-hydrogen) atoms. The van der Waals surface area contributed by atoms with E-state index in [9.17, 15) is 9.50 Å². The first-order valence-electron chi connectivity index (χ1n) is 4.95. The number of nitrogens with two attached hydrogens (primary N) is 1. The molecule has 0 fully saturated rings. The molecule has 2 atom stereocenters. The summed E-state index contributed by atoms with van der Waals surface area (Å²) in [7, 11) is 0. The molecule has 0 saturated heterocycles. The number of aliphatic hydroxyl groups excluding tert-OH is 1. The minimum atomic E-state index is -0.909. The quantitative estimate of drug-likeness (QED) is 0.837. The minimum absolute atomic E-state index is 0.0449. The van der Waals surface area contributed by atoms with Gasteiger partial charge in [0.2, 0.25) is 0 Å². The molecule has 1 rings (SSSR count). The van der Waals surface area contributed by atoms with Crippen molar-refractivity contribution in [1.29, 1.82) is 0 Å². The highest BCUT2D eigenvalue weighted by Gasteiger charge is 2.20. The van der Waals surface area contributed by atoms with Crippen LogP contribution >= 0.6 is 11.6 Å². The van der Waals surface area contributed by atoms with Gasteiger partial charge in [0.25, 0.3) is 0 Å². The van der Waals surface area contributed by atoms with E-state index in [-0.39, 0.29) is 5.02 Å². The van der Waals surface area contributed by atoms with Gasteiger partial charge < -0.3 is 10.8 Å². The molecular weight excluding hydrogens is 217 g/mol. The Kier molecular flexibility index (Phi) is 4.51. The van der Waals surface area contributed by atoms with Crippen molar-refractivity contribution >= 4 is 11.6 Å². The van der Waals surface area contributed by atoms with Crippen LogP contribution in [0.3, 0.4) is 0 Å². The second-order valence-corrected chi connectivity index (χ2v) is 3.92. The lowest BCUT2D eigenvalue weighted by atomic mass is 9.99. The van der Waals surface area contributed by atoms with E-state index >= 15 is 0 Å². The Balaban J connectivity index is 2.90. The second kappa shape index (κ2) is 5.45. The van der Waals surface area contributed by atoms with Crippen molar-refractivity contribution < 1.29 is 9.50 Å². The van der Waals surface area contributed by atoms with Gasteiger partial charge in [0.15, 0.2) is 0 Å². The Hall–Kier alpha value is -0.640. The minimum Gasteiger partial charge on any atom is -0.387 e. The van der Waals surface area contributed by atoms with Crippen molar-refractivity contribution in [2.45, 2.75) is 31.9 Å². The molecular formula is C11H15ClFNO. The van der Waals surface area contributed by atoms with Crippen LogP contribution in [-0.2, 0) is 0 Å². The third kappa shape index (κ3) is 2.91. The number of aliphatic hydroxyl groups is 1. The second-order valence-electron chi connectivity index (χ2n) is 3.54. The third-order valence-electron chi connectivity index (χ3n) is 2.33. The molecule has 2 nitrogen and oxygen atoms in total. The lowest BCUT2D eigenvalue weighted by molar-refractivity contribution is 0.141. The molecule has 0 aromatic heterocycles. The first-order valence-corrected chi connectivity index (χ1v) is 5.33. The maximum atomic E-state index is 13.1. The molecule has 1 aromatic rings. The molecule has 0 heterocycles. The molecule has 0 aliphatic carbocycles. The van der Waals surface area contributed by atoms with Crippen LogP contribution < -0.4 is 5.73 Å². The Morgan fingerprint density at radius 2 is 2.20 bits per heavy atom. The molecule has 1 aromatic carbocycles. The van der Waals surface area contributed by atoms with Gasteiger partial charge in [0.05, 0.1) is 11.1 Å². The predicted molar refractivity (Wildman–Crippen MR) is 59.3 cm³/mol. The zero-order valence-electron chi connectivity index (χ0n) is 8.58. The van der Waals surface area contributed by atoms with Crippen LogP contribution in [0.4, 0.5) is 4.39 Å². The van der Waals surface area contributed by atoms with Crippen molar-refractivity contribution in [3.05, 3.63) is 34.6 Å². The number of hydrogen-bond donors (Lipinski definition) is 2. The molecule has 0 bridgehead atoms. The Morgan fingerprint density at radius 1 is 1.53 bits per heavy atom. The van der Waals surface area contributed by atoms with Gasteiger partial charge in [-0.25, -0.2) is 4.39 Å². The lowest BCUT2D eigenvalue weighted by Crippen LogP contribution is -2.28. The van der Waals surface area contributed by atoms with Crippen LogP contribution in [0.5, 0.6) is 0 Å². The Bertz CT molecular complexity index is 332. The molecule has 0 aliphatic rings. The largest absolute Gasteiger partial charge is 0.387 e. The molecule has 4 heteroatoms. The van der Waals surface area contributed by atoms with Gasteiger partial charge in [0, 0.05) is 11.6 Å². The average molecular weight is 232 g/mol. The topological polar surface area (TPSA) is 46.2 Å². The third-order valence-corrected chi connectivity index (χ3v) is 2.73. The summed E-state index contributed by atoms with van der Waals surface area (Å²) in [4.78, 5) is 0.